The Morgan fingerprint density at radius 3 is 2.73 bits per heavy atom. The van der Waals surface area contributed by atoms with Gasteiger partial charge in [-0.15, -0.1) is 0 Å². The van der Waals surface area contributed by atoms with Gasteiger partial charge in [0.15, 0.2) is 0 Å². The molecule has 0 unspecified atom stereocenters. The van der Waals surface area contributed by atoms with Gasteiger partial charge in [0.05, 0.1) is 6.54 Å². The second-order valence-corrected chi connectivity index (χ2v) is 2.48. The lowest BCUT2D eigenvalue weighted by Gasteiger charge is -2.12. The van der Waals surface area contributed by atoms with Crippen molar-refractivity contribution in [3.63, 3.8) is 0 Å². The predicted octanol–water partition coefficient (Wildman–Crippen LogP) is 0.0393. The molecule has 0 saturated heterocycles. The lowest BCUT2D eigenvalue weighted by molar-refractivity contribution is -0.138. The number of aliphatic carboxylic acids is 1. The van der Waals surface area contributed by atoms with Crippen LogP contribution >= 0.6 is 0 Å². The number of methoxy groups -OCH3 is 1. The first-order valence-electron chi connectivity index (χ1n) is 3.56. The van der Waals surface area contributed by atoms with Crippen molar-refractivity contribution in [2.75, 3.05) is 33.9 Å². The summed E-state index contributed by atoms with van der Waals surface area (Å²) in [6.45, 7) is 1.55. The van der Waals surface area contributed by atoms with Crippen LogP contribution in [0.4, 0.5) is 0 Å². The van der Waals surface area contributed by atoms with E-state index in [2.05, 4.69) is 0 Å². The van der Waals surface area contributed by atoms with Crippen molar-refractivity contribution in [2.24, 2.45) is 0 Å². The van der Waals surface area contributed by atoms with Crippen molar-refractivity contribution in [2.45, 2.75) is 6.42 Å². The first-order chi connectivity index (χ1) is 5.16. The summed E-state index contributed by atoms with van der Waals surface area (Å²) in [6, 6.07) is 0. The normalized spacial score (nSPS) is 10.5. The minimum atomic E-state index is -0.787. The van der Waals surface area contributed by atoms with Crippen molar-refractivity contribution in [3.8, 4) is 0 Å². The summed E-state index contributed by atoms with van der Waals surface area (Å²) in [5.74, 6) is -0.787. The molecule has 0 aromatic heterocycles. The number of carbonyl (C=O) groups is 1. The molecule has 4 heteroatoms. The van der Waals surface area contributed by atoms with Gasteiger partial charge in [-0.1, -0.05) is 0 Å². The van der Waals surface area contributed by atoms with E-state index < -0.39 is 5.97 Å². The maximum Gasteiger partial charge on any atom is 0.317 e. The number of ether oxygens (including phenoxy) is 1. The van der Waals surface area contributed by atoms with Crippen LogP contribution in [0.3, 0.4) is 0 Å². The Labute approximate surface area is 66.8 Å². The van der Waals surface area contributed by atoms with E-state index in [1.807, 2.05) is 0 Å². The van der Waals surface area contributed by atoms with E-state index >= 15 is 0 Å². The highest BCUT2D eigenvalue weighted by molar-refractivity contribution is 5.68. The summed E-state index contributed by atoms with van der Waals surface area (Å²) in [5.41, 5.74) is 0. The van der Waals surface area contributed by atoms with Crippen LogP contribution in [0, 0.1) is 0 Å². The third-order valence-electron chi connectivity index (χ3n) is 1.29. The standard InChI is InChI=1S/C7H15NO3/c1-8(6-7(9)10)4-3-5-11-2/h3-6H2,1-2H3,(H,9,10). The molecule has 66 valence electrons. The topological polar surface area (TPSA) is 49.8 Å². The average molecular weight is 161 g/mol. The zero-order valence-electron chi connectivity index (χ0n) is 7.04. The summed E-state index contributed by atoms with van der Waals surface area (Å²) in [6.07, 6.45) is 0.875. The Balaban J connectivity index is 3.22. The van der Waals surface area contributed by atoms with Gasteiger partial charge in [0, 0.05) is 20.3 Å². The van der Waals surface area contributed by atoms with Crippen LogP contribution in [0.25, 0.3) is 0 Å². The SMILES string of the molecule is COCCCN(C)CC(=O)O. The Hall–Kier alpha value is -0.610. The second kappa shape index (κ2) is 6.12. The van der Waals surface area contributed by atoms with Crippen LogP contribution in [-0.2, 0) is 9.53 Å². The molecular weight excluding hydrogens is 146 g/mol. The predicted molar refractivity (Wildman–Crippen MR) is 41.6 cm³/mol. The van der Waals surface area contributed by atoms with Crippen molar-refractivity contribution in [1.29, 1.82) is 0 Å². The number of likely N-dealkylation sites (N-methyl/N-ethyl adjacent to an activating group) is 1. The average Bonchev–Trinajstić information content (AvgIpc) is 1.86. The fraction of sp³-hybridized carbons (Fsp3) is 0.857. The Morgan fingerprint density at radius 1 is 1.64 bits per heavy atom. The van der Waals surface area contributed by atoms with Gasteiger partial charge >= 0.3 is 5.97 Å². The summed E-state index contributed by atoms with van der Waals surface area (Å²) in [5, 5.41) is 8.37. The van der Waals surface area contributed by atoms with Gasteiger partial charge in [-0.25, -0.2) is 0 Å². The molecule has 0 aliphatic rings. The molecule has 0 bridgehead atoms. The van der Waals surface area contributed by atoms with Crippen molar-refractivity contribution in [1.82, 2.24) is 4.90 Å². The zero-order valence-corrected chi connectivity index (χ0v) is 7.04. The molecule has 0 atom stereocenters. The van der Waals surface area contributed by atoms with Crippen LogP contribution in [0.5, 0.6) is 0 Å². The van der Waals surface area contributed by atoms with E-state index in [1.165, 1.54) is 0 Å². The van der Waals surface area contributed by atoms with Crippen molar-refractivity contribution < 1.29 is 14.6 Å². The third kappa shape index (κ3) is 7.29. The van der Waals surface area contributed by atoms with E-state index in [9.17, 15) is 4.79 Å². The highest BCUT2D eigenvalue weighted by Gasteiger charge is 2.02. The van der Waals surface area contributed by atoms with E-state index in [-0.39, 0.29) is 6.54 Å². The molecular formula is C7H15NO3. The fourth-order valence-corrected chi connectivity index (χ4v) is 0.789. The largest absolute Gasteiger partial charge is 0.480 e. The molecule has 0 radical (unpaired) electrons. The van der Waals surface area contributed by atoms with Crippen molar-refractivity contribution in [3.05, 3.63) is 0 Å². The highest BCUT2D eigenvalue weighted by Crippen LogP contribution is 1.86. The molecule has 0 aromatic rings. The van der Waals surface area contributed by atoms with Gasteiger partial charge in [-0.2, -0.15) is 0 Å². The molecule has 0 saturated carbocycles. The summed E-state index contributed by atoms with van der Waals surface area (Å²) < 4.78 is 4.82. The molecule has 0 fully saturated rings. The molecule has 1 N–H and O–H groups in total. The number of hydrogen-bond donors (Lipinski definition) is 1. The highest BCUT2D eigenvalue weighted by atomic mass is 16.5. The molecule has 11 heavy (non-hydrogen) atoms. The van der Waals surface area contributed by atoms with Gasteiger partial charge in [0.25, 0.3) is 0 Å². The molecule has 0 aliphatic carbocycles. The number of rotatable bonds is 6. The fourth-order valence-electron chi connectivity index (χ4n) is 0.789. The Bertz CT molecular complexity index is 116. The maximum atomic E-state index is 10.2. The lowest BCUT2D eigenvalue weighted by Crippen LogP contribution is -2.27. The minimum Gasteiger partial charge on any atom is -0.480 e. The number of carboxylic acid groups (broad SMARTS) is 1. The molecule has 0 rings (SSSR count). The van der Waals surface area contributed by atoms with E-state index in [4.69, 9.17) is 9.84 Å². The van der Waals surface area contributed by atoms with Gasteiger partial charge in [0.1, 0.15) is 0 Å². The zero-order chi connectivity index (χ0) is 8.69. The smallest absolute Gasteiger partial charge is 0.317 e. The van der Waals surface area contributed by atoms with Gasteiger partial charge in [-0.05, 0) is 13.5 Å². The summed E-state index contributed by atoms with van der Waals surface area (Å²) >= 11 is 0. The lowest BCUT2D eigenvalue weighted by atomic mass is 10.4. The van der Waals surface area contributed by atoms with E-state index in [1.54, 1.807) is 19.1 Å². The monoisotopic (exact) mass is 161 g/mol. The number of hydrogen-bond acceptors (Lipinski definition) is 3. The van der Waals surface area contributed by atoms with E-state index in [0.29, 0.717) is 6.61 Å². The first-order valence-corrected chi connectivity index (χ1v) is 3.56. The summed E-state index contributed by atoms with van der Waals surface area (Å²) in [7, 11) is 3.42. The quantitative estimate of drug-likeness (QED) is 0.559. The van der Waals surface area contributed by atoms with Gasteiger partial charge in [-0.3, -0.25) is 9.69 Å². The van der Waals surface area contributed by atoms with Crippen molar-refractivity contribution >= 4 is 5.97 Å². The van der Waals surface area contributed by atoms with Gasteiger partial charge < -0.3 is 9.84 Å². The Morgan fingerprint density at radius 2 is 2.27 bits per heavy atom. The molecule has 0 heterocycles. The van der Waals surface area contributed by atoms with E-state index in [0.717, 1.165) is 13.0 Å². The van der Waals surface area contributed by atoms with Crippen LogP contribution in [-0.4, -0.2) is 49.8 Å². The number of nitrogens with zero attached hydrogens (tertiary/aromatic N) is 1. The summed E-state index contributed by atoms with van der Waals surface area (Å²) in [4.78, 5) is 11.9. The minimum absolute atomic E-state index is 0.101. The molecule has 0 aromatic carbocycles. The van der Waals surface area contributed by atoms with Crippen LogP contribution in [0.1, 0.15) is 6.42 Å². The molecule has 0 spiro atoms. The van der Waals surface area contributed by atoms with Gasteiger partial charge in [0.2, 0.25) is 0 Å². The van der Waals surface area contributed by atoms with Crippen LogP contribution in [0.15, 0.2) is 0 Å². The third-order valence-corrected chi connectivity index (χ3v) is 1.29. The molecule has 0 amide bonds. The maximum absolute atomic E-state index is 10.2. The molecule has 4 nitrogen and oxygen atoms in total. The number of carboxylic acids is 1. The Kier molecular flexibility index (Phi) is 5.78. The first kappa shape index (κ1) is 10.4. The molecule has 0 aliphatic heterocycles. The van der Waals surface area contributed by atoms with Crippen LogP contribution < -0.4 is 0 Å². The second-order valence-electron chi connectivity index (χ2n) is 2.48. The van der Waals surface area contributed by atoms with Crippen LogP contribution in [0.2, 0.25) is 0 Å².